The molecule has 0 saturated heterocycles. The molecule has 0 unspecified atom stereocenters. The van der Waals surface area contributed by atoms with Crippen molar-refractivity contribution in [1.82, 2.24) is 5.32 Å². The van der Waals surface area contributed by atoms with E-state index >= 15 is 0 Å². The SMILES string of the molecule is Cc1ccccc1CC(=O)OCC(=O)NCC1CCCCC1. The van der Waals surface area contributed by atoms with Crippen molar-refractivity contribution in [3.8, 4) is 0 Å². The summed E-state index contributed by atoms with van der Waals surface area (Å²) in [5.41, 5.74) is 2.00. The number of esters is 1. The standard InChI is InChI=1S/C18H25NO3/c1-14-7-5-6-10-16(14)11-18(21)22-13-17(20)19-12-15-8-3-2-4-9-15/h5-7,10,15H,2-4,8-9,11-13H2,1H3,(H,19,20). The topological polar surface area (TPSA) is 55.4 Å². The molecule has 1 aromatic rings. The summed E-state index contributed by atoms with van der Waals surface area (Å²) in [5.74, 6) is 0.0196. The molecule has 4 nitrogen and oxygen atoms in total. The van der Waals surface area contributed by atoms with Crippen molar-refractivity contribution in [3.05, 3.63) is 35.4 Å². The third kappa shape index (κ3) is 5.51. The predicted octanol–water partition coefficient (Wildman–Crippen LogP) is 2.78. The lowest BCUT2D eigenvalue weighted by Gasteiger charge is -2.21. The van der Waals surface area contributed by atoms with E-state index in [9.17, 15) is 9.59 Å². The lowest BCUT2D eigenvalue weighted by Crippen LogP contribution is -2.33. The summed E-state index contributed by atoms with van der Waals surface area (Å²) >= 11 is 0. The molecule has 1 fully saturated rings. The highest BCUT2D eigenvalue weighted by atomic mass is 16.5. The van der Waals surface area contributed by atoms with Crippen LogP contribution in [0.1, 0.15) is 43.2 Å². The molecule has 1 saturated carbocycles. The first kappa shape index (κ1) is 16.5. The number of carbonyl (C=O) groups excluding carboxylic acids is 2. The minimum atomic E-state index is -0.359. The predicted molar refractivity (Wildman–Crippen MR) is 85.4 cm³/mol. The van der Waals surface area contributed by atoms with Gasteiger partial charge in [0.05, 0.1) is 6.42 Å². The molecule has 1 aliphatic carbocycles. The Balaban J connectivity index is 1.65. The molecule has 1 aromatic carbocycles. The van der Waals surface area contributed by atoms with Gasteiger partial charge in [-0.15, -0.1) is 0 Å². The minimum Gasteiger partial charge on any atom is -0.455 e. The molecular formula is C18H25NO3. The average molecular weight is 303 g/mol. The molecule has 22 heavy (non-hydrogen) atoms. The Morgan fingerprint density at radius 1 is 1.18 bits per heavy atom. The van der Waals surface area contributed by atoms with Crippen LogP contribution in [0.2, 0.25) is 0 Å². The lowest BCUT2D eigenvalue weighted by molar-refractivity contribution is -0.147. The Morgan fingerprint density at radius 3 is 2.64 bits per heavy atom. The number of hydrogen-bond donors (Lipinski definition) is 1. The molecule has 1 N–H and O–H groups in total. The van der Waals surface area contributed by atoms with Gasteiger partial charge in [0, 0.05) is 6.54 Å². The highest BCUT2D eigenvalue weighted by molar-refractivity contribution is 5.81. The van der Waals surface area contributed by atoms with Crippen LogP contribution in [0, 0.1) is 12.8 Å². The van der Waals surface area contributed by atoms with Crippen molar-refractivity contribution in [2.75, 3.05) is 13.2 Å². The van der Waals surface area contributed by atoms with Gasteiger partial charge in [0.1, 0.15) is 0 Å². The van der Waals surface area contributed by atoms with Crippen molar-refractivity contribution < 1.29 is 14.3 Å². The summed E-state index contributed by atoms with van der Waals surface area (Å²) in [7, 11) is 0. The summed E-state index contributed by atoms with van der Waals surface area (Å²) in [6.07, 6.45) is 6.40. The first-order chi connectivity index (χ1) is 10.6. The molecule has 1 amide bonds. The molecule has 0 atom stereocenters. The van der Waals surface area contributed by atoms with Gasteiger partial charge < -0.3 is 10.1 Å². The fraction of sp³-hybridized carbons (Fsp3) is 0.556. The van der Waals surface area contributed by atoms with E-state index in [1.165, 1.54) is 32.1 Å². The van der Waals surface area contributed by atoms with Gasteiger partial charge in [-0.3, -0.25) is 9.59 Å². The van der Waals surface area contributed by atoms with Crippen molar-refractivity contribution in [1.29, 1.82) is 0 Å². The second-order valence-corrected chi connectivity index (χ2v) is 6.07. The molecule has 2 rings (SSSR count). The Morgan fingerprint density at radius 2 is 1.91 bits per heavy atom. The highest BCUT2D eigenvalue weighted by Gasteiger charge is 2.15. The smallest absolute Gasteiger partial charge is 0.310 e. The molecule has 1 aliphatic rings. The molecule has 120 valence electrons. The number of nitrogens with one attached hydrogen (secondary N) is 1. The first-order valence-corrected chi connectivity index (χ1v) is 8.12. The largest absolute Gasteiger partial charge is 0.455 e. The van der Waals surface area contributed by atoms with Crippen molar-refractivity contribution in [2.45, 2.75) is 45.4 Å². The summed E-state index contributed by atoms with van der Waals surface area (Å²) in [4.78, 5) is 23.5. The van der Waals surface area contributed by atoms with Crippen LogP contribution >= 0.6 is 0 Å². The molecule has 0 spiro atoms. The van der Waals surface area contributed by atoms with Crippen LogP contribution in [0.25, 0.3) is 0 Å². The molecule has 0 heterocycles. The fourth-order valence-electron chi connectivity index (χ4n) is 2.86. The maximum atomic E-state index is 11.8. The summed E-state index contributed by atoms with van der Waals surface area (Å²) in [6, 6.07) is 7.69. The minimum absolute atomic E-state index is 0.183. The second kappa shape index (κ2) is 8.57. The van der Waals surface area contributed by atoms with Gasteiger partial charge in [-0.25, -0.2) is 0 Å². The van der Waals surface area contributed by atoms with Gasteiger partial charge in [-0.2, -0.15) is 0 Å². The van der Waals surface area contributed by atoms with E-state index in [-0.39, 0.29) is 24.9 Å². The first-order valence-electron chi connectivity index (χ1n) is 8.12. The van der Waals surface area contributed by atoms with Crippen molar-refractivity contribution in [2.24, 2.45) is 5.92 Å². The number of ether oxygens (including phenoxy) is 1. The Kier molecular flexibility index (Phi) is 6.44. The third-order valence-electron chi connectivity index (χ3n) is 4.27. The van der Waals surface area contributed by atoms with Crippen LogP contribution in [-0.4, -0.2) is 25.0 Å². The van der Waals surface area contributed by atoms with Crippen molar-refractivity contribution >= 4 is 11.9 Å². The summed E-state index contributed by atoms with van der Waals surface area (Å²) in [6.45, 7) is 2.48. The number of rotatable bonds is 6. The van der Waals surface area contributed by atoms with Gasteiger partial charge in [0.25, 0.3) is 5.91 Å². The number of amides is 1. The average Bonchev–Trinajstić information content (AvgIpc) is 2.54. The fourth-order valence-corrected chi connectivity index (χ4v) is 2.86. The molecular weight excluding hydrogens is 278 g/mol. The number of aryl methyl sites for hydroxylation is 1. The van der Waals surface area contributed by atoms with Gasteiger partial charge in [-0.1, -0.05) is 43.5 Å². The normalized spacial score (nSPS) is 15.3. The highest BCUT2D eigenvalue weighted by Crippen LogP contribution is 2.22. The maximum Gasteiger partial charge on any atom is 0.310 e. The van der Waals surface area contributed by atoms with Crippen LogP contribution in [0.4, 0.5) is 0 Å². The van der Waals surface area contributed by atoms with E-state index in [2.05, 4.69) is 5.32 Å². The molecule has 0 radical (unpaired) electrons. The Hall–Kier alpha value is -1.84. The van der Waals surface area contributed by atoms with E-state index in [0.717, 1.165) is 11.1 Å². The van der Waals surface area contributed by atoms with Crippen molar-refractivity contribution in [3.63, 3.8) is 0 Å². The Bertz CT molecular complexity index is 507. The van der Waals surface area contributed by atoms with Gasteiger partial charge >= 0.3 is 5.97 Å². The van der Waals surface area contributed by atoms with Crippen LogP contribution in [-0.2, 0) is 20.7 Å². The number of hydrogen-bond acceptors (Lipinski definition) is 3. The van der Waals surface area contributed by atoms with Crippen LogP contribution in [0.3, 0.4) is 0 Å². The monoisotopic (exact) mass is 303 g/mol. The molecule has 0 aromatic heterocycles. The molecule has 0 aliphatic heterocycles. The van der Waals surface area contributed by atoms with Gasteiger partial charge in [-0.05, 0) is 36.8 Å². The van der Waals surface area contributed by atoms with Crippen LogP contribution in [0.15, 0.2) is 24.3 Å². The summed E-state index contributed by atoms with van der Waals surface area (Å²) < 4.78 is 5.05. The lowest BCUT2D eigenvalue weighted by atomic mass is 9.89. The van der Waals surface area contributed by atoms with E-state index in [1.54, 1.807) is 0 Å². The zero-order valence-electron chi connectivity index (χ0n) is 13.3. The van der Waals surface area contributed by atoms with E-state index in [4.69, 9.17) is 4.74 Å². The summed E-state index contributed by atoms with van der Waals surface area (Å²) in [5, 5.41) is 2.87. The van der Waals surface area contributed by atoms with E-state index < -0.39 is 0 Å². The zero-order valence-corrected chi connectivity index (χ0v) is 13.3. The number of carbonyl (C=O) groups is 2. The Labute approximate surface area is 132 Å². The van der Waals surface area contributed by atoms with E-state index in [1.807, 2.05) is 31.2 Å². The maximum absolute atomic E-state index is 11.8. The molecule has 4 heteroatoms. The third-order valence-corrected chi connectivity index (χ3v) is 4.27. The van der Waals surface area contributed by atoms with Crippen LogP contribution < -0.4 is 5.32 Å². The van der Waals surface area contributed by atoms with Crippen LogP contribution in [0.5, 0.6) is 0 Å². The molecule has 0 bridgehead atoms. The quantitative estimate of drug-likeness (QED) is 0.822. The van der Waals surface area contributed by atoms with Gasteiger partial charge in [0.2, 0.25) is 0 Å². The van der Waals surface area contributed by atoms with Gasteiger partial charge in [0.15, 0.2) is 6.61 Å². The van der Waals surface area contributed by atoms with E-state index in [0.29, 0.717) is 12.5 Å². The zero-order chi connectivity index (χ0) is 15.8. The second-order valence-electron chi connectivity index (χ2n) is 6.07. The number of benzene rings is 1.